The quantitative estimate of drug-likeness (QED) is 0.230. The number of aliphatic imine (C=N–C) groups is 2. The van der Waals surface area contributed by atoms with Gasteiger partial charge in [0.05, 0.1) is 17.9 Å². The summed E-state index contributed by atoms with van der Waals surface area (Å²) in [7, 11) is 1.52. The molecule has 0 saturated heterocycles. The molecule has 208 valence electrons. The molecule has 0 aliphatic carbocycles. The van der Waals surface area contributed by atoms with Gasteiger partial charge in [0, 0.05) is 42.8 Å². The highest BCUT2D eigenvalue weighted by Crippen LogP contribution is 2.25. The van der Waals surface area contributed by atoms with Crippen LogP contribution in [0.5, 0.6) is 0 Å². The van der Waals surface area contributed by atoms with E-state index in [1.807, 2.05) is 26.8 Å². The first-order chi connectivity index (χ1) is 18.7. The number of amidine groups is 1. The van der Waals surface area contributed by atoms with Gasteiger partial charge in [-0.2, -0.15) is 0 Å². The van der Waals surface area contributed by atoms with Gasteiger partial charge in [0.25, 0.3) is 5.91 Å². The standard InChI is InChI=1S/C29H36F2N6O2/c1-7-14-34-28(19(5)35-16-18(4)22-12-13-24(32-6)27(31)26(22)30)37-21-10-11-23(20(8-2)15-21)29(39)36-17-25(38)33-9-3/h7,10-16,32H,8-9,17H2,1-6H3,(H,33,38)(H,34,37)(H,36,39)/b14-7-,18-16+,35-19?. The molecule has 2 aromatic carbocycles. The van der Waals surface area contributed by atoms with Crippen LogP contribution in [0.4, 0.5) is 20.2 Å². The lowest BCUT2D eigenvalue weighted by molar-refractivity contribution is -0.120. The molecule has 2 rings (SSSR count). The number of nitrogens with one attached hydrogen (secondary N) is 4. The molecule has 2 aromatic rings. The Morgan fingerprint density at radius 2 is 1.69 bits per heavy atom. The number of nitrogens with zero attached hydrogens (tertiary/aromatic N) is 2. The number of amides is 2. The number of carbonyl (C=O) groups is 2. The predicted octanol–water partition coefficient (Wildman–Crippen LogP) is 5.30. The largest absolute Gasteiger partial charge is 0.386 e. The minimum Gasteiger partial charge on any atom is -0.386 e. The molecule has 0 unspecified atom stereocenters. The monoisotopic (exact) mass is 538 g/mol. The number of carbonyl (C=O) groups excluding carboxylic acids is 2. The Labute approximate surface area is 228 Å². The Morgan fingerprint density at radius 3 is 2.33 bits per heavy atom. The van der Waals surface area contributed by atoms with Crippen LogP contribution in [0, 0.1) is 11.6 Å². The smallest absolute Gasteiger partial charge is 0.251 e. The summed E-state index contributed by atoms with van der Waals surface area (Å²) in [6.07, 6.45) is 5.41. The molecule has 0 heterocycles. The van der Waals surface area contributed by atoms with Crippen LogP contribution in [0.1, 0.15) is 56.1 Å². The van der Waals surface area contributed by atoms with Gasteiger partial charge in [-0.05, 0) is 75.6 Å². The molecule has 0 radical (unpaired) electrons. The van der Waals surface area contributed by atoms with Gasteiger partial charge in [-0.3, -0.25) is 14.6 Å². The van der Waals surface area contributed by atoms with Crippen LogP contribution in [0.25, 0.3) is 5.57 Å². The third-order valence-corrected chi connectivity index (χ3v) is 5.70. The Balaban J connectivity index is 2.29. The van der Waals surface area contributed by atoms with Crippen molar-refractivity contribution in [2.75, 3.05) is 30.8 Å². The average Bonchev–Trinajstić information content (AvgIpc) is 2.93. The summed E-state index contributed by atoms with van der Waals surface area (Å²) >= 11 is 0. The number of benzene rings is 2. The Kier molecular flexibility index (Phi) is 12.0. The molecule has 0 bridgehead atoms. The summed E-state index contributed by atoms with van der Waals surface area (Å²) in [4.78, 5) is 33.2. The van der Waals surface area contributed by atoms with Gasteiger partial charge in [-0.1, -0.05) is 13.0 Å². The maximum Gasteiger partial charge on any atom is 0.251 e. The van der Waals surface area contributed by atoms with Gasteiger partial charge >= 0.3 is 0 Å². The molecule has 4 N–H and O–H groups in total. The van der Waals surface area contributed by atoms with Gasteiger partial charge in [0.15, 0.2) is 17.5 Å². The fraction of sp³-hybridized carbons (Fsp3) is 0.310. The van der Waals surface area contributed by atoms with Crippen molar-refractivity contribution in [2.45, 2.75) is 41.0 Å². The third kappa shape index (κ3) is 8.59. The zero-order valence-corrected chi connectivity index (χ0v) is 23.2. The first-order valence-electron chi connectivity index (χ1n) is 12.7. The van der Waals surface area contributed by atoms with Crippen LogP contribution in [0.2, 0.25) is 0 Å². The molecule has 0 aliphatic heterocycles. The van der Waals surface area contributed by atoms with Crippen molar-refractivity contribution in [1.82, 2.24) is 10.6 Å². The van der Waals surface area contributed by atoms with Gasteiger partial charge in [0.2, 0.25) is 5.91 Å². The number of allylic oxidation sites excluding steroid dienone is 2. The lowest BCUT2D eigenvalue weighted by atomic mass is 10.0. The third-order valence-electron chi connectivity index (χ3n) is 5.70. The summed E-state index contributed by atoms with van der Waals surface area (Å²) < 4.78 is 28.7. The molecule has 10 heteroatoms. The Morgan fingerprint density at radius 1 is 0.974 bits per heavy atom. The van der Waals surface area contributed by atoms with E-state index in [2.05, 4.69) is 31.3 Å². The predicted molar refractivity (Wildman–Crippen MR) is 155 cm³/mol. The summed E-state index contributed by atoms with van der Waals surface area (Å²) in [6.45, 7) is 9.34. The van der Waals surface area contributed by atoms with E-state index in [-0.39, 0.29) is 29.6 Å². The SMILES string of the molecule is C/C=C\N=C(Nc1ccc(C(=O)NCC(=O)NCC)c(CC)c1)C(C)=N/C=C(\C)c1ccc(NC)c(F)c1F. The maximum atomic E-state index is 14.5. The molecule has 0 fully saturated rings. The van der Waals surface area contributed by atoms with Crippen LogP contribution >= 0.6 is 0 Å². The molecule has 0 saturated carbocycles. The second-order valence-corrected chi connectivity index (χ2v) is 8.51. The van der Waals surface area contributed by atoms with Gasteiger partial charge in [-0.25, -0.2) is 13.8 Å². The van der Waals surface area contributed by atoms with Crippen molar-refractivity contribution in [3.63, 3.8) is 0 Å². The van der Waals surface area contributed by atoms with Crippen LogP contribution in [-0.4, -0.2) is 43.5 Å². The van der Waals surface area contributed by atoms with E-state index in [9.17, 15) is 18.4 Å². The van der Waals surface area contributed by atoms with E-state index in [0.29, 0.717) is 41.3 Å². The summed E-state index contributed by atoms with van der Waals surface area (Å²) in [5.41, 5.74) is 3.06. The Hall–Kier alpha value is -4.34. The fourth-order valence-electron chi connectivity index (χ4n) is 3.57. The van der Waals surface area contributed by atoms with Gasteiger partial charge < -0.3 is 21.3 Å². The second-order valence-electron chi connectivity index (χ2n) is 8.51. The number of hydrogen-bond acceptors (Lipinski definition) is 5. The Bertz CT molecular complexity index is 1320. The maximum absolute atomic E-state index is 14.5. The number of likely N-dealkylation sites (N-methyl/N-ethyl adjacent to an activating group) is 1. The number of anilines is 2. The number of rotatable bonds is 11. The number of hydrogen-bond donors (Lipinski definition) is 4. The van der Waals surface area contributed by atoms with Crippen molar-refractivity contribution in [1.29, 1.82) is 0 Å². The molecular weight excluding hydrogens is 502 g/mol. The van der Waals surface area contributed by atoms with E-state index < -0.39 is 11.6 Å². The van der Waals surface area contributed by atoms with E-state index in [4.69, 9.17) is 0 Å². The molecule has 0 atom stereocenters. The first-order valence-corrected chi connectivity index (χ1v) is 12.7. The van der Waals surface area contributed by atoms with Crippen molar-refractivity contribution >= 4 is 40.3 Å². The van der Waals surface area contributed by atoms with E-state index >= 15 is 0 Å². The molecular formula is C29H36F2N6O2. The van der Waals surface area contributed by atoms with E-state index in [1.165, 1.54) is 25.4 Å². The second kappa shape index (κ2) is 15.2. The zero-order chi connectivity index (χ0) is 28.9. The van der Waals surface area contributed by atoms with Crippen LogP contribution < -0.4 is 21.3 Å². The van der Waals surface area contributed by atoms with Crippen molar-refractivity contribution in [3.05, 3.63) is 77.1 Å². The molecule has 0 aromatic heterocycles. The average molecular weight is 539 g/mol. The lowest BCUT2D eigenvalue weighted by Gasteiger charge is -2.13. The van der Waals surface area contributed by atoms with Gasteiger partial charge in [-0.15, -0.1) is 0 Å². The van der Waals surface area contributed by atoms with Crippen molar-refractivity contribution < 1.29 is 18.4 Å². The summed E-state index contributed by atoms with van der Waals surface area (Å²) in [5, 5.41) is 11.1. The van der Waals surface area contributed by atoms with Crippen molar-refractivity contribution in [2.24, 2.45) is 9.98 Å². The molecule has 0 spiro atoms. The topological polar surface area (TPSA) is 107 Å². The van der Waals surface area contributed by atoms with Gasteiger partial charge in [0.1, 0.15) is 0 Å². The molecule has 0 aliphatic rings. The number of aryl methyl sites for hydroxylation is 1. The summed E-state index contributed by atoms with van der Waals surface area (Å²) in [6, 6.07) is 8.22. The minimum absolute atomic E-state index is 0.0747. The number of halogens is 2. The minimum atomic E-state index is -0.952. The molecule has 2 amide bonds. The normalized spacial score (nSPS) is 12.5. The molecule has 8 nitrogen and oxygen atoms in total. The highest BCUT2D eigenvalue weighted by atomic mass is 19.2. The van der Waals surface area contributed by atoms with Crippen LogP contribution in [0.3, 0.4) is 0 Å². The van der Waals surface area contributed by atoms with Crippen LogP contribution in [0.15, 0.2) is 58.8 Å². The van der Waals surface area contributed by atoms with Crippen LogP contribution in [-0.2, 0) is 11.2 Å². The highest BCUT2D eigenvalue weighted by Gasteiger charge is 2.15. The summed E-state index contributed by atoms with van der Waals surface area (Å²) in [5.74, 6) is -2.06. The van der Waals surface area contributed by atoms with E-state index in [1.54, 1.807) is 38.3 Å². The van der Waals surface area contributed by atoms with E-state index in [0.717, 1.165) is 5.56 Å². The first kappa shape index (κ1) is 30.9. The molecule has 39 heavy (non-hydrogen) atoms. The fourth-order valence-corrected chi connectivity index (χ4v) is 3.57. The highest BCUT2D eigenvalue weighted by molar-refractivity contribution is 6.45. The van der Waals surface area contributed by atoms with Crippen molar-refractivity contribution in [3.8, 4) is 0 Å². The zero-order valence-electron chi connectivity index (χ0n) is 23.2. The lowest BCUT2D eigenvalue weighted by Crippen LogP contribution is -2.37.